The van der Waals surface area contributed by atoms with Crippen molar-refractivity contribution in [3.63, 3.8) is 0 Å². The van der Waals surface area contributed by atoms with Crippen molar-refractivity contribution in [3.05, 3.63) is 53.4 Å². The summed E-state index contributed by atoms with van der Waals surface area (Å²) in [4.78, 5) is 29.4. The van der Waals surface area contributed by atoms with E-state index in [4.69, 9.17) is 19.0 Å². The molecule has 1 aliphatic rings. The Hall–Kier alpha value is -4.45. The van der Waals surface area contributed by atoms with Crippen LogP contribution < -0.4 is 15.5 Å². The number of piperazine rings is 1. The maximum absolute atomic E-state index is 15.0. The van der Waals surface area contributed by atoms with Crippen molar-refractivity contribution in [1.82, 2.24) is 20.5 Å². The van der Waals surface area contributed by atoms with E-state index in [-0.39, 0.29) is 13.1 Å². The molecule has 1 atom stereocenters. The van der Waals surface area contributed by atoms with Crippen LogP contribution in [-0.2, 0) is 32.7 Å². The van der Waals surface area contributed by atoms with Gasteiger partial charge in [0.1, 0.15) is 17.0 Å². The van der Waals surface area contributed by atoms with Crippen molar-refractivity contribution in [2.45, 2.75) is 70.2 Å². The smallest absolute Gasteiger partial charge is 0.426 e. The van der Waals surface area contributed by atoms with E-state index in [2.05, 4.69) is 25.8 Å². The van der Waals surface area contributed by atoms with Gasteiger partial charge in [-0.05, 0) is 45.2 Å². The lowest BCUT2D eigenvalue weighted by molar-refractivity contribution is -0.300. The van der Waals surface area contributed by atoms with Gasteiger partial charge >= 0.3 is 24.4 Å². The molecule has 2 aromatic heterocycles. The molecule has 0 saturated carbocycles. The van der Waals surface area contributed by atoms with Gasteiger partial charge in [-0.15, -0.1) is 10.2 Å². The van der Waals surface area contributed by atoms with Gasteiger partial charge in [0, 0.05) is 32.6 Å². The lowest BCUT2D eigenvalue weighted by Crippen LogP contribution is -2.45. The molecule has 1 amide bonds. The number of aliphatic carboxylic acids is 1. The Bertz CT molecular complexity index is 1570. The fourth-order valence-electron chi connectivity index (χ4n) is 4.84. The summed E-state index contributed by atoms with van der Waals surface area (Å²) in [5.41, 5.74) is -6.47. The van der Waals surface area contributed by atoms with Gasteiger partial charge in [0.05, 0.1) is 12.3 Å². The summed E-state index contributed by atoms with van der Waals surface area (Å²) in [6.45, 7) is 4.81. The van der Waals surface area contributed by atoms with E-state index in [9.17, 15) is 35.9 Å². The molecule has 48 heavy (non-hydrogen) atoms. The molecule has 3 heterocycles. The van der Waals surface area contributed by atoms with E-state index in [1.807, 2.05) is 0 Å². The van der Waals surface area contributed by atoms with Crippen LogP contribution in [0.5, 0.6) is 0 Å². The van der Waals surface area contributed by atoms with Crippen LogP contribution in [0.1, 0.15) is 57.1 Å². The Balaban J connectivity index is 1.87. The van der Waals surface area contributed by atoms with E-state index in [0.29, 0.717) is 24.7 Å². The topological polar surface area (TPSA) is 152 Å². The third-order valence-electron chi connectivity index (χ3n) is 7.04. The van der Waals surface area contributed by atoms with E-state index < -0.39 is 96.0 Å². The van der Waals surface area contributed by atoms with Crippen LogP contribution in [0.15, 0.2) is 40.8 Å². The predicted octanol–water partition coefficient (Wildman–Crippen LogP) is 6.14. The molecular weight excluding hydrogens is 654 g/mol. The lowest BCUT2D eigenvalue weighted by Gasteiger charge is -2.32. The van der Waals surface area contributed by atoms with Crippen LogP contribution in [0.3, 0.4) is 0 Å². The highest BCUT2D eigenvalue weighted by Gasteiger charge is 2.61. The fraction of sp³-hybridized carbons (Fsp3) is 0.500. The summed E-state index contributed by atoms with van der Waals surface area (Å²) in [7, 11) is 0. The number of hydrogen-bond acceptors (Lipinski definition) is 10. The number of aromatic nitrogens is 3. The molecule has 0 radical (unpaired) electrons. The number of halogens is 6. The van der Waals surface area contributed by atoms with E-state index >= 15 is 0 Å². The van der Waals surface area contributed by atoms with Crippen molar-refractivity contribution in [1.29, 1.82) is 0 Å². The predicted molar refractivity (Wildman–Crippen MR) is 158 cm³/mol. The standard InChI is InChI=1S/C30H34F6N6O6/c1-27(2,3)48-26(45)38-20-16-19(29(31,32)33)23(42-14-12-37-13-15-42)39-22(20)24-40-41-25(47-24)28(30(34,35)36,11-7-10-21(43)44)46-17-18-8-5-4-6-9-18/h4-6,8-9,16,37H,7,10-15,17H2,1-3H3,(H,38,45)(H,43,44). The second kappa shape index (κ2) is 14.3. The number of amides is 1. The van der Waals surface area contributed by atoms with E-state index in [1.54, 1.807) is 18.2 Å². The number of nitrogens with one attached hydrogen (secondary N) is 2. The Labute approximate surface area is 270 Å². The molecule has 1 unspecified atom stereocenters. The van der Waals surface area contributed by atoms with E-state index in [1.165, 1.54) is 37.8 Å². The van der Waals surface area contributed by atoms with Gasteiger partial charge in [-0.2, -0.15) is 26.3 Å². The summed E-state index contributed by atoms with van der Waals surface area (Å²) in [6.07, 6.45) is -13.5. The first-order chi connectivity index (χ1) is 22.4. The lowest BCUT2D eigenvalue weighted by atomic mass is 9.95. The van der Waals surface area contributed by atoms with Crippen LogP contribution >= 0.6 is 0 Å². The average Bonchev–Trinajstić information content (AvgIpc) is 3.48. The van der Waals surface area contributed by atoms with Gasteiger partial charge in [-0.3, -0.25) is 10.1 Å². The van der Waals surface area contributed by atoms with Crippen LogP contribution in [0.4, 0.5) is 42.6 Å². The number of alkyl halides is 6. The van der Waals surface area contributed by atoms with Gasteiger partial charge in [-0.1, -0.05) is 30.3 Å². The number of pyridine rings is 1. The molecule has 1 aromatic carbocycles. The second-order valence-corrected chi connectivity index (χ2v) is 11.9. The zero-order chi connectivity index (χ0) is 35.3. The monoisotopic (exact) mass is 688 g/mol. The van der Waals surface area contributed by atoms with Gasteiger partial charge < -0.3 is 29.2 Å². The Morgan fingerprint density at radius 2 is 1.71 bits per heavy atom. The van der Waals surface area contributed by atoms with Gasteiger partial charge in [0.25, 0.3) is 11.8 Å². The number of carboxylic acid groups (broad SMARTS) is 1. The first kappa shape index (κ1) is 36.4. The molecule has 3 N–H and O–H groups in total. The molecule has 0 bridgehead atoms. The summed E-state index contributed by atoms with van der Waals surface area (Å²) in [5.74, 6) is -3.83. The minimum Gasteiger partial charge on any atom is -0.481 e. The number of ether oxygens (including phenoxy) is 2. The Kier molecular flexibility index (Phi) is 10.9. The molecular formula is C30H34F6N6O6. The van der Waals surface area contributed by atoms with Gasteiger partial charge in [-0.25, -0.2) is 9.78 Å². The van der Waals surface area contributed by atoms with E-state index in [0.717, 1.165) is 0 Å². The second-order valence-electron chi connectivity index (χ2n) is 11.9. The molecule has 1 aliphatic heterocycles. The number of benzene rings is 1. The summed E-state index contributed by atoms with van der Waals surface area (Å²) in [5, 5.41) is 21.6. The normalized spacial score (nSPS) is 15.6. The van der Waals surface area contributed by atoms with Gasteiger partial charge in [0.15, 0.2) is 5.69 Å². The van der Waals surface area contributed by atoms with Crippen molar-refractivity contribution >= 4 is 23.6 Å². The van der Waals surface area contributed by atoms with Crippen LogP contribution in [0.25, 0.3) is 11.6 Å². The number of carbonyl (C=O) groups excluding carboxylic acids is 1. The summed E-state index contributed by atoms with van der Waals surface area (Å²) < 4.78 is 104. The highest BCUT2D eigenvalue weighted by Crippen LogP contribution is 2.47. The largest absolute Gasteiger partial charge is 0.481 e. The van der Waals surface area contributed by atoms with Crippen LogP contribution in [0, 0.1) is 0 Å². The number of nitrogens with zero attached hydrogens (tertiary/aromatic N) is 4. The summed E-state index contributed by atoms with van der Waals surface area (Å²) in [6, 6.07) is 8.39. The molecule has 0 aliphatic carbocycles. The highest BCUT2D eigenvalue weighted by atomic mass is 19.4. The third kappa shape index (κ3) is 8.91. The zero-order valence-corrected chi connectivity index (χ0v) is 26.2. The molecule has 12 nitrogen and oxygen atoms in total. The SMILES string of the molecule is CC(C)(C)OC(=O)Nc1cc(C(F)(F)F)c(N2CCNCC2)nc1-c1nnc(C(CCCC(=O)O)(OCc2ccccc2)C(F)(F)F)o1. The highest BCUT2D eigenvalue weighted by molar-refractivity contribution is 5.90. The minimum atomic E-state index is -5.23. The molecule has 0 spiro atoms. The molecule has 18 heteroatoms. The molecule has 1 fully saturated rings. The molecule has 3 aromatic rings. The first-order valence-corrected chi connectivity index (χ1v) is 14.8. The maximum atomic E-state index is 15.0. The van der Waals surface area contributed by atoms with Crippen molar-refractivity contribution in [2.24, 2.45) is 0 Å². The fourth-order valence-corrected chi connectivity index (χ4v) is 4.84. The Morgan fingerprint density at radius 3 is 2.29 bits per heavy atom. The third-order valence-corrected chi connectivity index (χ3v) is 7.04. The van der Waals surface area contributed by atoms with Crippen molar-refractivity contribution in [2.75, 3.05) is 36.4 Å². The number of carboxylic acids is 1. The first-order valence-electron chi connectivity index (χ1n) is 14.8. The quantitative estimate of drug-likeness (QED) is 0.199. The number of anilines is 2. The van der Waals surface area contributed by atoms with Gasteiger partial charge in [0.2, 0.25) is 5.60 Å². The summed E-state index contributed by atoms with van der Waals surface area (Å²) >= 11 is 0. The minimum absolute atomic E-state index is 0.109. The van der Waals surface area contributed by atoms with Crippen molar-refractivity contribution < 1.29 is 54.9 Å². The van der Waals surface area contributed by atoms with Crippen LogP contribution in [0.2, 0.25) is 0 Å². The Morgan fingerprint density at radius 1 is 1.04 bits per heavy atom. The molecule has 4 rings (SSSR count). The molecule has 1 saturated heterocycles. The van der Waals surface area contributed by atoms with Crippen molar-refractivity contribution in [3.8, 4) is 11.6 Å². The average molecular weight is 689 g/mol. The molecule has 262 valence electrons. The van der Waals surface area contributed by atoms with Crippen LogP contribution in [-0.4, -0.2) is 70.3 Å². The number of hydrogen-bond donors (Lipinski definition) is 3. The maximum Gasteiger partial charge on any atom is 0.426 e. The number of rotatable bonds is 11. The zero-order valence-electron chi connectivity index (χ0n) is 26.2. The number of carbonyl (C=O) groups is 2.